The molecule has 3 aromatic rings. The fourth-order valence-electron chi connectivity index (χ4n) is 6.37. The standard InChI is InChI=1S/C23H21ClN2O2.C11H22N2.C4H10O/c1-25-18-7-9-19(10-8-18)26-22(27)14-16-13-20(28-2)11-12-21(16)23(26)15-3-5-17(24)6-4-15;1-10-2-4-11(5-3-10)13-8-6-12-7-9-13;1-4(2)5-3/h3-13,23,25H,14H2,1-2H3;10-12H,2-9H2,1H3;4H,1-3H3/t23-;;/m0../s1. The summed E-state index contributed by atoms with van der Waals surface area (Å²) in [5.41, 5.74) is 4.97. The maximum Gasteiger partial charge on any atom is 0.232 e. The van der Waals surface area contributed by atoms with Crippen molar-refractivity contribution < 1.29 is 14.3 Å². The van der Waals surface area contributed by atoms with Gasteiger partial charge in [0.15, 0.2) is 0 Å². The zero-order chi connectivity index (χ0) is 33.1. The predicted molar refractivity (Wildman–Crippen MR) is 191 cm³/mol. The van der Waals surface area contributed by atoms with Gasteiger partial charge >= 0.3 is 0 Å². The van der Waals surface area contributed by atoms with Crippen molar-refractivity contribution in [1.82, 2.24) is 10.2 Å². The van der Waals surface area contributed by atoms with Crippen LogP contribution in [0.3, 0.4) is 0 Å². The number of ether oxygens (including phenoxy) is 2. The number of carbonyl (C=O) groups excluding carboxylic acids is 1. The van der Waals surface area contributed by atoms with Gasteiger partial charge in [0.05, 0.1) is 25.7 Å². The number of nitrogens with one attached hydrogen (secondary N) is 2. The second-order valence-corrected chi connectivity index (χ2v) is 13.2. The lowest BCUT2D eigenvalue weighted by molar-refractivity contribution is -0.118. The maximum absolute atomic E-state index is 13.2. The number of anilines is 2. The second kappa shape index (κ2) is 17.7. The summed E-state index contributed by atoms with van der Waals surface area (Å²) in [5, 5.41) is 7.21. The van der Waals surface area contributed by atoms with Crippen molar-refractivity contribution in [3.05, 3.63) is 88.4 Å². The molecule has 7 nitrogen and oxygen atoms in total. The minimum atomic E-state index is -0.222. The Labute approximate surface area is 281 Å². The molecule has 0 unspecified atom stereocenters. The first-order valence-electron chi connectivity index (χ1n) is 16.7. The first-order chi connectivity index (χ1) is 22.2. The van der Waals surface area contributed by atoms with Gasteiger partial charge in [-0.3, -0.25) is 9.69 Å². The monoisotopic (exact) mass is 648 g/mol. The Hall–Kier alpha value is -3.10. The van der Waals surface area contributed by atoms with Gasteiger partial charge in [-0.15, -0.1) is 0 Å². The van der Waals surface area contributed by atoms with E-state index >= 15 is 0 Å². The highest BCUT2D eigenvalue weighted by Gasteiger charge is 2.35. The molecule has 1 saturated carbocycles. The van der Waals surface area contributed by atoms with Crippen LogP contribution in [0.1, 0.15) is 69.2 Å². The lowest BCUT2D eigenvalue weighted by Gasteiger charge is -2.38. The van der Waals surface area contributed by atoms with E-state index in [2.05, 4.69) is 28.5 Å². The van der Waals surface area contributed by atoms with Gasteiger partial charge in [-0.25, -0.2) is 0 Å². The smallest absolute Gasteiger partial charge is 0.232 e. The molecule has 46 heavy (non-hydrogen) atoms. The van der Waals surface area contributed by atoms with Crippen LogP contribution in [0.4, 0.5) is 11.4 Å². The van der Waals surface area contributed by atoms with Crippen molar-refractivity contribution in [3.8, 4) is 5.75 Å². The SMILES string of the molecule is CC1CCC(N2CCNCC2)CC1.CNc1ccc(N2C(=O)Cc3cc(OC)ccc3[C@@H]2c2ccc(Cl)cc2)cc1.COC(C)C. The molecule has 2 heterocycles. The summed E-state index contributed by atoms with van der Waals surface area (Å²) in [4.78, 5) is 17.8. The van der Waals surface area contributed by atoms with E-state index in [4.69, 9.17) is 21.1 Å². The average molecular weight is 649 g/mol. The number of carbonyl (C=O) groups is 1. The molecule has 8 heteroatoms. The lowest BCUT2D eigenvalue weighted by atomic mass is 9.86. The molecule has 3 aliphatic rings. The predicted octanol–water partition coefficient (Wildman–Crippen LogP) is 7.58. The van der Waals surface area contributed by atoms with Crippen molar-refractivity contribution in [3.63, 3.8) is 0 Å². The number of methoxy groups -OCH3 is 2. The molecule has 1 aliphatic carbocycles. The summed E-state index contributed by atoms with van der Waals surface area (Å²) in [6.07, 6.45) is 6.52. The Morgan fingerprint density at radius 3 is 2.11 bits per heavy atom. The van der Waals surface area contributed by atoms with Crippen LogP contribution in [0.15, 0.2) is 66.7 Å². The van der Waals surface area contributed by atoms with Crippen LogP contribution < -0.4 is 20.3 Å². The van der Waals surface area contributed by atoms with Gasteiger partial charge in [0.2, 0.25) is 5.91 Å². The van der Waals surface area contributed by atoms with Gasteiger partial charge in [-0.05, 0) is 111 Å². The first kappa shape index (κ1) is 35.7. The minimum absolute atomic E-state index is 0.0536. The number of halogens is 1. The summed E-state index contributed by atoms with van der Waals surface area (Å²) in [7, 11) is 5.21. The van der Waals surface area contributed by atoms with E-state index in [1.54, 1.807) is 14.2 Å². The quantitative estimate of drug-likeness (QED) is 0.287. The topological polar surface area (TPSA) is 66.1 Å². The van der Waals surface area contributed by atoms with Crippen molar-refractivity contribution in [2.24, 2.45) is 5.92 Å². The number of hydrogen-bond donors (Lipinski definition) is 2. The number of amides is 1. The molecule has 2 fully saturated rings. The summed E-state index contributed by atoms with van der Waals surface area (Å²) >= 11 is 6.10. The van der Waals surface area contributed by atoms with Crippen molar-refractivity contribution >= 4 is 28.9 Å². The van der Waals surface area contributed by atoms with Crippen LogP contribution >= 0.6 is 11.6 Å². The van der Waals surface area contributed by atoms with E-state index in [-0.39, 0.29) is 11.9 Å². The molecule has 6 rings (SSSR count). The molecule has 250 valence electrons. The zero-order valence-electron chi connectivity index (χ0n) is 28.5. The summed E-state index contributed by atoms with van der Waals surface area (Å²) in [6, 6.07) is 22.2. The summed E-state index contributed by atoms with van der Waals surface area (Å²) in [6.45, 7) is 11.4. The number of fused-ring (bicyclic) bond motifs is 1. The second-order valence-electron chi connectivity index (χ2n) is 12.7. The fraction of sp³-hybridized carbons (Fsp3) is 0.500. The van der Waals surface area contributed by atoms with Crippen LogP contribution in [0.5, 0.6) is 5.75 Å². The molecule has 1 atom stereocenters. The third-order valence-corrected chi connectivity index (χ3v) is 9.51. The van der Waals surface area contributed by atoms with E-state index in [0.29, 0.717) is 17.5 Å². The summed E-state index contributed by atoms with van der Waals surface area (Å²) < 4.78 is 10.1. The van der Waals surface area contributed by atoms with Crippen LogP contribution in [-0.4, -0.2) is 70.4 Å². The lowest BCUT2D eigenvalue weighted by Crippen LogP contribution is -2.49. The Morgan fingerprint density at radius 2 is 1.54 bits per heavy atom. The highest BCUT2D eigenvalue weighted by atomic mass is 35.5. The van der Waals surface area contributed by atoms with Crippen LogP contribution in [0, 0.1) is 5.92 Å². The number of nitrogens with zero attached hydrogens (tertiary/aromatic N) is 2. The largest absolute Gasteiger partial charge is 0.497 e. The van der Waals surface area contributed by atoms with E-state index in [1.807, 2.05) is 86.5 Å². The number of piperazine rings is 1. The molecule has 1 amide bonds. The van der Waals surface area contributed by atoms with Crippen molar-refractivity contribution in [1.29, 1.82) is 0 Å². The molecular weight excluding hydrogens is 596 g/mol. The molecule has 2 aliphatic heterocycles. The van der Waals surface area contributed by atoms with Crippen molar-refractivity contribution in [2.75, 3.05) is 57.7 Å². The van der Waals surface area contributed by atoms with Crippen LogP contribution in [-0.2, 0) is 16.0 Å². The van der Waals surface area contributed by atoms with E-state index in [1.165, 1.54) is 51.9 Å². The summed E-state index contributed by atoms with van der Waals surface area (Å²) in [5.74, 6) is 1.80. The van der Waals surface area contributed by atoms with Crippen molar-refractivity contribution in [2.45, 2.75) is 71.1 Å². The Kier molecular flexibility index (Phi) is 13.8. The molecule has 1 saturated heterocycles. The van der Waals surface area contributed by atoms with Gasteiger partial charge in [0, 0.05) is 62.8 Å². The molecule has 0 radical (unpaired) electrons. The fourth-order valence-corrected chi connectivity index (χ4v) is 6.50. The highest BCUT2D eigenvalue weighted by Crippen LogP contribution is 2.40. The maximum atomic E-state index is 13.2. The Balaban J connectivity index is 0.000000220. The highest BCUT2D eigenvalue weighted by molar-refractivity contribution is 6.30. The molecular formula is C38H53ClN4O3. The van der Waals surface area contributed by atoms with Gasteiger partial charge in [0.25, 0.3) is 0 Å². The first-order valence-corrected chi connectivity index (χ1v) is 17.1. The molecule has 2 N–H and O–H groups in total. The van der Waals surface area contributed by atoms with E-state index < -0.39 is 0 Å². The van der Waals surface area contributed by atoms with Crippen LogP contribution in [0.25, 0.3) is 0 Å². The van der Waals surface area contributed by atoms with Gasteiger partial charge in [-0.1, -0.05) is 36.7 Å². The number of benzene rings is 3. The average Bonchev–Trinajstić information content (AvgIpc) is 3.09. The Morgan fingerprint density at radius 1 is 0.913 bits per heavy atom. The van der Waals surface area contributed by atoms with E-state index in [9.17, 15) is 4.79 Å². The molecule has 0 aromatic heterocycles. The normalized spacial score (nSPS) is 21.3. The number of rotatable bonds is 6. The Bertz CT molecular complexity index is 1350. The number of hydrogen-bond acceptors (Lipinski definition) is 6. The van der Waals surface area contributed by atoms with Gasteiger partial charge < -0.3 is 25.0 Å². The zero-order valence-corrected chi connectivity index (χ0v) is 29.3. The van der Waals surface area contributed by atoms with Gasteiger partial charge in [-0.2, -0.15) is 0 Å². The van der Waals surface area contributed by atoms with Crippen LogP contribution in [0.2, 0.25) is 5.02 Å². The molecule has 0 bridgehead atoms. The van der Waals surface area contributed by atoms with Gasteiger partial charge in [0.1, 0.15) is 5.75 Å². The minimum Gasteiger partial charge on any atom is -0.497 e. The van der Waals surface area contributed by atoms with E-state index in [0.717, 1.165) is 45.8 Å². The molecule has 0 spiro atoms. The third-order valence-electron chi connectivity index (χ3n) is 9.26. The molecule has 3 aromatic carbocycles. The third kappa shape index (κ3) is 9.71.